The smallest absolute Gasteiger partial charge is 0.336 e. The van der Waals surface area contributed by atoms with Crippen molar-refractivity contribution in [1.82, 2.24) is 14.7 Å². The molecule has 1 saturated heterocycles. The Balaban J connectivity index is 0.000000471. The van der Waals surface area contributed by atoms with Crippen molar-refractivity contribution in [2.75, 3.05) is 54.4 Å². The second kappa shape index (κ2) is 15.3. The van der Waals surface area contributed by atoms with E-state index in [-0.39, 0.29) is 5.91 Å². The topological polar surface area (TPSA) is 168 Å². The lowest BCUT2D eigenvalue weighted by molar-refractivity contribution is -0.170. The van der Waals surface area contributed by atoms with Gasteiger partial charge in [0.25, 0.3) is 0 Å². The standard InChI is InChI=1S/C20H33N3O2.C6H8O7/c1-16-6-7-19(25-5)17(14-16)15-20(24)23(13-12-21(2)3)18-8-10-22(4)11-9-18;7-3(8)1-6(13,5(11)12)2-4(9)10/h6-7,14,18H,8-13,15H2,1-5H3;13H,1-2H2,(H,7,8)(H,9,10)(H,11,12). The highest BCUT2D eigenvalue weighted by Crippen LogP contribution is 2.23. The van der Waals surface area contributed by atoms with Gasteiger partial charge in [-0.1, -0.05) is 17.7 Å². The van der Waals surface area contributed by atoms with Crippen LogP contribution in [-0.2, 0) is 25.6 Å². The number of carboxylic acids is 3. The van der Waals surface area contributed by atoms with Crippen molar-refractivity contribution < 1.29 is 44.3 Å². The van der Waals surface area contributed by atoms with Crippen molar-refractivity contribution in [1.29, 1.82) is 0 Å². The van der Waals surface area contributed by atoms with Gasteiger partial charge in [0, 0.05) is 24.7 Å². The summed E-state index contributed by atoms with van der Waals surface area (Å²) >= 11 is 0. The quantitative estimate of drug-likeness (QED) is 0.296. The number of hydrogen-bond donors (Lipinski definition) is 4. The number of likely N-dealkylation sites (N-methyl/N-ethyl adjacent to an activating group) is 1. The first-order valence-corrected chi connectivity index (χ1v) is 12.3. The van der Waals surface area contributed by atoms with Gasteiger partial charge >= 0.3 is 17.9 Å². The third-order valence-electron chi connectivity index (χ3n) is 6.30. The highest BCUT2D eigenvalue weighted by atomic mass is 16.5. The van der Waals surface area contributed by atoms with Gasteiger partial charge in [-0.2, -0.15) is 0 Å². The predicted molar refractivity (Wildman–Crippen MR) is 139 cm³/mol. The summed E-state index contributed by atoms with van der Waals surface area (Å²) < 4.78 is 5.45. The molecule has 2 rings (SSSR count). The van der Waals surface area contributed by atoms with Crippen LogP contribution in [0.5, 0.6) is 5.75 Å². The minimum atomic E-state index is -2.74. The first kappa shape index (κ1) is 32.8. The van der Waals surface area contributed by atoms with E-state index < -0.39 is 36.4 Å². The summed E-state index contributed by atoms with van der Waals surface area (Å²) in [6, 6.07) is 6.39. The van der Waals surface area contributed by atoms with Gasteiger partial charge in [0.05, 0.1) is 26.4 Å². The van der Waals surface area contributed by atoms with E-state index in [9.17, 15) is 19.2 Å². The largest absolute Gasteiger partial charge is 0.496 e. The minimum absolute atomic E-state index is 0.209. The molecule has 0 bridgehead atoms. The third kappa shape index (κ3) is 11.0. The summed E-state index contributed by atoms with van der Waals surface area (Å²) in [6.07, 6.45) is 0.231. The fourth-order valence-corrected chi connectivity index (χ4v) is 4.15. The molecule has 1 heterocycles. The van der Waals surface area contributed by atoms with Gasteiger partial charge in [-0.05, 0) is 60.1 Å². The fraction of sp³-hybridized carbons (Fsp3) is 0.615. The first-order chi connectivity index (χ1) is 17.7. The Bertz CT molecular complexity index is 943. The lowest BCUT2D eigenvalue weighted by Crippen LogP contribution is -2.49. The molecule has 0 spiro atoms. The van der Waals surface area contributed by atoms with E-state index in [1.165, 1.54) is 0 Å². The van der Waals surface area contributed by atoms with Gasteiger partial charge in [0.15, 0.2) is 5.60 Å². The number of aliphatic hydroxyl groups is 1. The zero-order chi connectivity index (χ0) is 29.0. The molecule has 1 aliphatic rings. The number of aryl methyl sites for hydroxylation is 1. The Morgan fingerprint density at radius 1 is 1.03 bits per heavy atom. The van der Waals surface area contributed by atoms with Crippen LogP contribution < -0.4 is 4.74 Å². The highest BCUT2D eigenvalue weighted by Gasteiger charge is 2.40. The number of piperidine rings is 1. The monoisotopic (exact) mass is 539 g/mol. The predicted octanol–water partition coefficient (Wildman–Crippen LogP) is 0.782. The Hall–Kier alpha value is -3.22. The molecule has 1 amide bonds. The molecule has 4 N–H and O–H groups in total. The molecule has 38 heavy (non-hydrogen) atoms. The van der Waals surface area contributed by atoms with E-state index in [1.807, 2.05) is 19.1 Å². The summed E-state index contributed by atoms with van der Waals surface area (Å²) in [5, 5.41) is 33.8. The lowest BCUT2D eigenvalue weighted by Gasteiger charge is -2.38. The molecule has 1 aromatic rings. The number of methoxy groups -OCH3 is 1. The zero-order valence-corrected chi connectivity index (χ0v) is 22.8. The van der Waals surface area contributed by atoms with E-state index in [1.54, 1.807) is 7.11 Å². The van der Waals surface area contributed by atoms with Gasteiger partial charge in [0.1, 0.15) is 5.75 Å². The van der Waals surface area contributed by atoms with Crippen LogP contribution in [0, 0.1) is 6.92 Å². The van der Waals surface area contributed by atoms with Crippen LogP contribution >= 0.6 is 0 Å². The molecule has 0 unspecified atom stereocenters. The second-order valence-corrected chi connectivity index (χ2v) is 9.89. The molecule has 1 aliphatic heterocycles. The molecule has 0 aliphatic carbocycles. The van der Waals surface area contributed by atoms with Crippen molar-refractivity contribution in [3.63, 3.8) is 0 Å². The van der Waals surface area contributed by atoms with Gasteiger partial charge in [-0.25, -0.2) is 4.79 Å². The maximum absolute atomic E-state index is 13.1. The Morgan fingerprint density at radius 3 is 2.03 bits per heavy atom. The van der Waals surface area contributed by atoms with Crippen molar-refractivity contribution in [3.05, 3.63) is 29.3 Å². The Kier molecular flexibility index (Phi) is 13.2. The Morgan fingerprint density at radius 2 is 1.58 bits per heavy atom. The molecule has 0 aromatic heterocycles. The van der Waals surface area contributed by atoms with E-state index in [0.717, 1.165) is 55.9 Å². The van der Waals surface area contributed by atoms with Crippen LogP contribution in [0.3, 0.4) is 0 Å². The van der Waals surface area contributed by atoms with E-state index in [0.29, 0.717) is 12.5 Å². The van der Waals surface area contributed by atoms with E-state index in [2.05, 4.69) is 41.9 Å². The number of carbonyl (C=O) groups excluding carboxylic acids is 1. The zero-order valence-electron chi connectivity index (χ0n) is 22.8. The number of amides is 1. The highest BCUT2D eigenvalue weighted by molar-refractivity contribution is 5.88. The van der Waals surface area contributed by atoms with Crippen molar-refractivity contribution in [2.24, 2.45) is 0 Å². The molecule has 12 nitrogen and oxygen atoms in total. The molecule has 214 valence electrons. The summed E-state index contributed by atoms with van der Waals surface area (Å²) in [4.78, 5) is 50.2. The van der Waals surface area contributed by atoms with Gasteiger partial charge in [-0.3, -0.25) is 14.4 Å². The molecule has 0 radical (unpaired) electrons. The number of ether oxygens (including phenoxy) is 1. The maximum Gasteiger partial charge on any atom is 0.336 e. The molecule has 1 fully saturated rings. The van der Waals surface area contributed by atoms with Crippen LogP contribution in [0.2, 0.25) is 0 Å². The fourth-order valence-electron chi connectivity index (χ4n) is 4.15. The number of benzene rings is 1. The number of aliphatic carboxylic acids is 3. The van der Waals surface area contributed by atoms with E-state index >= 15 is 0 Å². The second-order valence-electron chi connectivity index (χ2n) is 9.89. The molecular formula is C26H41N3O9. The Labute approximate surface area is 223 Å². The number of likely N-dealkylation sites (tertiary alicyclic amines) is 1. The number of nitrogens with zero attached hydrogens (tertiary/aromatic N) is 3. The van der Waals surface area contributed by atoms with E-state index in [4.69, 9.17) is 25.2 Å². The van der Waals surface area contributed by atoms with Crippen LogP contribution in [0.15, 0.2) is 18.2 Å². The minimum Gasteiger partial charge on any atom is -0.496 e. The van der Waals surface area contributed by atoms with Crippen LogP contribution in [0.25, 0.3) is 0 Å². The third-order valence-corrected chi connectivity index (χ3v) is 6.30. The SMILES string of the molecule is COc1ccc(C)cc1CC(=O)N(CCN(C)C)C1CCN(C)CC1.O=C(O)CC(O)(CC(=O)O)C(=O)O. The lowest BCUT2D eigenvalue weighted by atomic mass is 9.96. The van der Waals surface area contributed by atoms with Crippen LogP contribution in [0.4, 0.5) is 0 Å². The average Bonchev–Trinajstić information content (AvgIpc) is 2.79. The first-order valence-electron chi connectivity index (χ1n) is 12.3. The van der Waals surface area contributed by atoms with Crippen molar-refractivity contribution in [3.8, 4) is 5.75 Å². The maximum atomic E-state index is 13.1. The summed E-state index contributed by atoms with van der Waals surface area (Å²) in [7, 11) is 7.93. The summed E-state index contributed by atoms with van der Waals surface area (Å²) in [5.74, 6) is -4.01. The van der Waals surface area contributed by atoms with Gasteiger partial charge in [-0.15, -0.1) is 0 Å². The molecule has 12 heteroatoms. The summed E-state index contributed by atoms with van der Waals surface area (Å²) in [5.41, 5.74) is -0.601. The van der Waals surface area contributed by atoms with Crippen LogP contribution in [-0.4, -0.2) is 125 Å². The number of hydrogen-bond acceptors (Lipinski definition) is 8. The molecule has 1 aromatic carbocycles. The summed E-state index contributed by atoms with van der Waals surface area (Å²) in [6.45, 7) is 5.85. The van der Waals surface area contributed by atoms with Crippen molar-refractivity contribution in [2.45, 2.75) is 50.7 Å². The normalized spacial score (nSPS) is 14.4. The average molecular weight is 540 g/mol. The van der Waals surface area contributed by atoms with Gasteiger partial charge in [0.2, 0.25) is 5.91 Å². The molecule has 0 atom stereocenters. The number of carboxylic acid groups (broad SMARTS) is 3. The van der Waals surface area contributed by atoms with Crippen LogP contribution in [0.1, 0.15) is 36.8 Å². The number of carbonyl (C=O) groups is 4. The molecule has 0 saturated carbocycles. The number of rotatable bonds is 12. The van der Waals surface area contributed by atoms with Gasteiger partial charge < -0.3 is 39.9 Å². The molecular weight excluding hydrogens is 498 g/mol. The van der Waals surface area contributed by atoms with Crippen molar-refractivity contribution >= 4 is 23.8 Å².